The van der Waals surface area contributed by atoms with Crippen molar-refractivity contribution in [1.29, 1.82) is 0 Å². The van der Waals surface area contributed by atoms with Gasteiger partial charge in [-0.1, -0.05) is 19.1 Å². The van der Waals surface area contributed by atoms with Gasteiger partial charge in [0.05, 0.1) is 22.7 Å². The number of carboxylic acids is 1. The third-order valence-electron chi connectivity index (χ3n) is 4.50. The molecule has 0 saturated heterocycles. The lowest BCUT2D eigenvalue weighted by Gasteiger charge is -2.25. The van der Waals surface area contributed by atoms with E-state index in [0.29, 0.717) is 0 Å². The molecule has 0 aliphatic heterocycles. The van der Waals surface area contributed by atoms with Crippen LogP contribution in [-0.4, -0.2) is 50.3 Å². The zero-order chi connectivity index (χ0) is 18.0. The fraction of sp³-hybridized carbons (Fsp3) is 0.500. The summed E-state index contributed by atoms with van der Waals surface area (Å²) < 4.78 is 1.97. The molecule has 1 amide bonds. The number of imidazole rings is 1. The van der Waals surface area contributed by atoms with Crippen LogP contribution in [-0.2, 0) is 21.9 Å². The van der Waals surface area contributed by atoms with E-state index in [1.807, 2.05) is 35.1 Å². The molecule has 1 saturated carbocycles. The number of carbonyl (C=O) groups is 2. The van der Waals surface area contributed by atoms with Crippen LogP contribution < -0.4 is 0 Å². The van der Waals surface area contributed by atoms with Crippen LogP contribution >= 0.6 is 11.8 Å². The highest BCUT2D eigenvalue weighted by atomic mass is 32.2. The number of carbonyl (C=O) groups excluding carboxylic acids is 1. The first-order valence-corrected chi connectivity index (χ1v) is 9.86. The minimum atomic E-state index is -0.866. The van der Waals surface area contributed by atoms with Gasteiger partial charge >= 0.3 is 5.97 Å². The number of aliphatic carboxylic acids is 1. The Bertz CT molecular complexity index is 785. The van der Waals surface area contributed by atoms with Crippen LogP contribution in [0.1, 0.15) is 25.6 Å². The molecule has 134 valence electrons. The first-order valence-electron chi connectivity index (χ1n) is 8.46. The second-order valence-electron chi connectivity index (χ2n) is 6.55. The SMILES string of the molecule is CSCc1nc2ccccc2n1CC(=O)N(CC(C)C(=O)O)C1CC1. The highest BCUT2D eigenvalue weighted by Crippen LogP contribution is 2.28. The second-order valence-corrected chi connectivity index (χ2v) is 7.42. The van der Waals surface area contributed by atoms with Gasteiger partial charge in [0.2, 0.25) is 5.91 Å². The summed E-state index contributed by atoms with van der Waals surface area (Å²) >= 11 is 1.67. The summed E-state index contributed by atoms with van der Waals surface area (Å²) in [5, 5.41) is 9.17. The molecule has 1 atom stereocenters. The van der Waals surface area contributed by atoms with Crippen LogP contribution in [0.15, 0.2) is 24.3 Å². The quantitative estimate of drug-likeness (QED) is 0.782. The Balaban J connectivity index is 1.84. The molecule has 1 aromatic carbocycles. The molecule has 7 heteroatoms. The van der Waals surface area contributed by atoms with Crippen LogP contribution in [0.25, 0.3) is 11.0 Å². The predicted octanol–water partition coefficient (Wildman–Crippen LogP) is 2.61. The van der Waals surface area contributed by atoms with E-state index >= 15 is 0 Å². The van der Waals surface area contributed by atoms with Crippen LogP contribution in [0, 0.1) is 5.92 Å². The first kappa shape index (κ1) is 17.8. The number of thioether (sulfide) groups is 1. The highest BCUT2D eigenvalue weighted by molar-refractivity contribution is 7.97. The Morgan fingerprint density at radius 1 is 1.40 bits per heavy atom. The summed E-state index contributed by atoms with van der Waals surface area (Å²) in [5.41, 5.74) is 1.83. The van der Waals surface area contributed by atoms with E-state index in [2.05, 4.69) is 4.98 Å². The monoisotopic (exact) mass is 361 g/mol. The average Bonchev–Trinajstić information content (AvgIpc) is 3.37. The lowest BCUT2D eigenvalue weighted by Crippen LogP contribution is -2.40. The van der Waals surface area contributed by atoms with E-state index in [1.54, 1.807) is 23.6 Å². The number of nitrogens with zero attached hydrogens (tertiary/aromatic N) is 3. The Morgan fingerprint density at radius 2 is 2.12 bits per heavy atom. The molecule has 1 aromatic heterocycles. The largest absolute Gasteiger partial charge is 0.481 e. The van der Waals surface area contributed by atoms with Crippen LogP contribution in [0.3, 0.4) is 0 Å². The number of carboxylic acid groups (broad SMARTS) is 1. The minimum Gasteiger partial charge on any atom is -0.481 e. The molecule has 6 nitrogen and oxygen atoms in total. The molecule has 1 fully saturated rings. The summed E-state index contributed by atoms with van der Waals surface area (Å²) in [4.78, 5) is 30.5. The van der Waals surface area contributed by atoms with Gasteiger partial charge < -0.3 is 14.6 Å². The third-order valence-corrected chi connectivity index (χ3v) is 5.05. The molecule has 3 rings (SSSR count). The van der Waals surface area contributed by atoms with Gasteiger partial charge in [0.1, 0.15) is 12.4 Å². The maximum Gasteiger partial charge on any atom is 0.308 e. The molecule has 1 heterocycles. The van der Waals surface area contributed by atoms with Gasteiger partial charge in [-0.2, -0.15) is 11.8 Å². The number of hydrogen-bond acceptors (Lipinski definition) is 4. The van der Waals surface area contributed by atoms with Crippen molar-refractivity contribution >= 4 is 34.7 Å². The Morgan fingerprint density at radius 3 is 2.76 bits per heavy atom. The number of amides is 1. The zero-order valence-electron chi connectivity index (χ0n) is 14.5. The van der Waals surface area contributed by atoms with E-state index in [9.17, 15) is 14.7 Å². The van der Waals surface area contributed by atoms with Crippen molar-refractivity contribution in [2.24, 2.45) is 5.92 Å². The number of hydrogen-bond donors (Lipinski definition) is 1. The molecule has 1 unspecified atom stereocenters. The Labute approximate surface area is 151 Å². The summed E-state index contributed by atoms with van der Waals surface area (Å²) in [5.74, 6) is 0.159. The lowest BCUT2D eigenvalue weighted by molar-refractivity contribution is -0.143. The van der Waals surface area contributed by atoms with Crippen LogP contribution in [0.5, 0.6) is 0 Å². The van der Waals surface area contributed by atoms with Crippen LogP contribution in [0.2, 0.25) is 0 Å². The van der Waals surface area contributed by atoms with Crippen molar-refractivity contribution in [2.75, 3.05) is 12.8 Å². The maximum absolute atomic E-state index is 12.9. The van der Waals surface area contributed by atoms with Gasteiger partial charge in [0.25, 0.3) is 0 Å². The first-order chi connectivity index (χ1) is 12.0. The van der Waals surface area contributed by atoms with E-state index in [-0.39, 0.29) is 25.0 Å². The van der Waals surface area contributed by atoms with Crippen LogP contribution in [0.4, 0.5) is 0 Å². The number of aromatic nitrogens is 2. The van der Waals surface area contributed by atoms with Crippen molar-refractivity contribution in [3.05, 3.63) is 30.1 Å². The van der Waals surface area contributed by atoms with Gasteiger partial charge in [0.15, 0.2) is 0 Å². The molecule has 0 radical (unpaired) electrons. The summed E-state index contributed by atoms with van der Waals surface area (Å²) in [6.45, 7) is 2.12. The summed E-state index contributed by atoms with van der Waals surface area (Å²) in [7, 11) is 0. The number of fused-ring (bicyclic) bond motifs is 1. The van der Waals surface area contributed by atoms with Gasteiger partial charge in [-0.15, -0.1) is 0 Å². The fourth-order valence-electron chi connectivity index (χ4n) is 2.98. The molecule has 1 aliphatic rings. The third kappa shape index (κ3) is 3.98. The van der Waals surface area contributed by atoms with E-state index in [4.69, 9.17) is 0 Å². The zero-order valence-corrected chi connectivity index (χ0v) is 15.3. The van der Waals surface area contributed by atoms with Crippen molar-refractivity contribution in [3.63, 3.8) is 0 Å². The molecule has 0 spiro atoms. The standard InChI is InChI=1S/C18H23N3O3S/c1-12(18(23)24)9-20(13-7-8-13)17(22)10-21-15-6-4-3-5-14(15)19-16(21)11-25-2/h3-6,12-13H,7-11H2,1-2H3,(H,23,24). The molecular weight excluding hydrogens is 338 g/mol. The molecule has 1 N–H and O–H groups in total. The Kier molecular flexibility index (Phi) is 5.32. The molecular formula is C18H23N3O3S. The van der Waals surface area contributed by atoms with E-state index in [1.165, 1.54) is 0 Å². The highest BCUT2D eigenvalue weighted by Gasteiger charge is 2.34. The average molecular weight is 361 g/mol. The number of para-hydroxylation sites is 2. The van der Waals surface area contributed by atoms with Gasteiger partial charge in [-0.25, -0.2) is 4.98 Å². The molecule has 0 bridgehead atoms. The van der Waals surface area contributed by atoms with Gasteiger partial charge in [0, 0.05) is 12.6 Å². The predicted molar refractivity (Wildman–Crippen MR) is 98.5 cm³/mol. The number of benzene rings is 1. The van der Waals surface area contributed by atoms with Gasteiger partial charge in [-0.05, 0) is 31.2 Å². The minimum absolute atomic E-state index is 0.0268. The smallest absolute Gasteiger partial charge is 0.308 e. The van der Waals surface area contributed by atoms with Crippen molar-refractivity contribution < 1.29 is 14.7 Å². The molecule has 25 heavy (non-hydrogen) atoms. The summed E-state index contributed by atoms with van der Waals surface area (Å²) in [6, 6.07) is 7.99. The fourth-order valence-corrected chi connectivity index (χ4v) is 3.46. The molecule has 2 aromatic rings. The molecule has 1 aliphatic carbocycles. The van der Waals surface area contributed by atoms with Crippen molar-refractivity contribution in [3.8, 4) is 0 Å². The lowest BCUT2D eigenvalue weighted by atomic mass is 10.1. The van der Waals surface area contributed by atoms with Crippen molar-refractivity contribution in [1.82, 2.24) is 14.5 Å². The van der Waals surface area contributed by atoms with Crippen molar-refractivity contribution in [2.45, 2.75) is 38.1 Å². The van der Waals surface area contributed by atoms with Gasteiger partial charge in [-0.3, -0.25) is 9.59 Å². The van der Waals surface area contributed by atoms with E-state index in [0.717, 1.165) is 35.5 Å². The normalized spacial score (nSPS) is 15.3. The Hall–Kier alpha value is -2.02. The van der Waals surface area contributed by atoms with E-state index < -0.39 is 11.9 Å². The maximum atomic E-state index is 12.9. The number of rotatable bonds is 8. The second kappa shape index (κ2) is 7.47. The topological polar surface area (TPSA) is 75.4 Å². The summed E-state index contributed by atoms with van der Waals surface area (Å²) in [6.07, 6.45) is 3.93.